The van der Waals surface area contributed by atoms with Crippen LogP contribution in [0.2, 0.25) is 5.02 Å². The Labute approximate surface area is 243 Å². The third-order valence-electron chi connectivity index (χ3n) is 8.64. The van der Waals surface area contributed by atoms with Crippen molar-refractivity contribution in [1.82, 2.24) is 4.90 Å². The minimum atomic E-state index is -0.464. The van der Waals surface area contributed by atoms with Gasteiger partial charge in [-0.1, -0.05) is 72.6 Å². The van der Waals surface area contributed by atoms with Gasteiger partial charge in [-0.05, 0) is 59.7 Å². The van der Waals surface area contributed by atoms with Crippen molar-refractivity contribution in [1.29, 1.82) is 0 Å². The van der Waals surface area contributed by atoms with Crippen LogP contribution in [0.3, 0.4) is 0 Å². The molecule has 1 aliphatic heterocycles. The number of amides is 3. The summed E-state index contributed by atoms with van der Waals surface area (Å²) < 4.78 is 5.11. The number of likely N-dealkylation sites (tertiary alicyclic amines) is 1. The molecule has 4 aliphatic rings. The highest BCUT2D eigenvalue weighted by atomic mass is 35.5. The molecule has 210 valence electrons. The standard InChI is InChI=1S/C33H31ClN2O5/c1-19-14-15-20(34)17-25(19)35-26(37)18-41-27(38)13-3-2-8-16-36-32(39)30-28-21-9-4-5-10-22(21)29(31(30)33(36)40)24-12-7-6-11-23(24)28/h4-7,9-12,14-15,17,28-31H,2-3,8,13,16,18H2,1H3,(H,35,37)/t28?,29?,30-,31-/m1/s1. The number of nitrogens with one attached hydrogen (secondary N) is 1. The van der Waals surface area contributed by atoms with Gasteiger partial charge in [-0.2, -0.15) is 0 Å². The molecule has 7 rings (SSSR count). The molecule has 0 radical (unpaired) electrons. The lowest BCUT2D eigenvalue weighted by Crippen LogP contribution is -2.41. The van der Waals surface area contributed by atoms with Crippen molar-refractivity contribution in [2.75, 3.05) is 18.5 Å². The molecule has 3 aromatic rings. The molecule has 0 unspecified atom stereocenters. The van der Waals surface area contributed by atoms with Crippen LogP contribution >= 0.6 is 11.6 Å². The van der Waals surface area contributed by atoms with Crippen molar-refractivity contribution in [2.24, 2.45) is 11.8 Å². The number of anilines is 1. The number of rotatable bonds is 9. The number of ether oxygens (including phenoxy) is 1. The van der Waals surface area contributed by atoms with Gasteiger partial charge in [-0.25, -0.2) is 0 Å². The summed E-state index contributed by atoms with van der Waals surface area (Å²) in [5.41, 5.74) is 6.08. The number of unbranched alkanes of at least 4 members (excludes halogenated alkanes) is 2. The number of aryl methyl sites for hydroxylation is 1. The second-order valence-corrected chi connectivity index (χ2v) is 11.5. The molecule has 3 amide bonds. The molecule has 3 aromatic carbocycles. The van der Waals surface area contributed by atoms with E-state index in [0.717, 1.165) is 27.8 Å². The summed E-state index contributed by atoms with van der Waals surface area (Å²) in [6.07, 6.45) is 1.96. The van der Waals surface area contributed by atoms with E-state index < -0.39 is 11.9 Å². The van der Waals surface area contributed by atoms with Gasteiger partial charge in [0.2, 0.25) is 11.8 Å². The molecule has 41 heavy (non-hydrogen) atoms. The number of esters is 1. The zero-order valence-corrected chi connectivity index (χ0v) is 23.5. The smallest absolute Gasteiger partial charge is 0.306 e. The second kappa shape index (κ2) is 11.1. The van der Waals surface area contributed by atoms with Crippen molar-refractivity contribution >= 4 is 41.0 Å². The van der Waals surface area contributed by atoms with E-state index in [9.17, 15) is 19.2 Å². The van der Waals surface area contributed by atoms with Gasteiger partial charge >= 0.3 is 5.97 Å². The molecule has 1 heterocycles. The molecule has 2 bridgehead atoms. The second-order valence-electron chi connectivity index (χ2n) is 11.1. The van der Waals surface area contributed by atoms with E-state index in [1.165, 1.54) is 4.90 Å². The molecular weight excluding hydrogens is 540 g/mol. The fourth-order valence-electron chi connectivity index (χ4n) is 6.81. The van der Waals surface area contributed by atoms with Crippen LogP contribution in [0.1, 0.15) is 65.3 Å². The first-order chi connectivity index (χ1) is 19.8. The lowest BCUT2D eigenvalue weighted by molar-refractivity contribution is -0.147. The van der Waals surface area contributed by atoms with E-state index in [-0.39, 0.29) is 48.5 Å². The van der Waals surface area contributed by atoms with E-state index in [1.807, 2.05) is 31.2 Å². The Morgan fingerprint density at radius 3 is 1.95 bits per heavy atom. The van der Waals surface area contributed by atoms with Gasteiger partial charge in [-0.15, -0.1) is 0 Å². The Hall–Kier alpha value is -3.97. The van der Waals surface area contributed by atoms with E-state index in [0.29, 0.717) is 36.5 Å². The van der Waals surface area contributed by atoms with Crippen LogP contribution in [0.25, 0.3) is 0 Å². The fraction of sp³-hybridized carbons (Fsp3) is 0.333. The van der Waals surface area contributed by atoms with E-state index >= 15 is 0 Å². The Bertz CT molecular complexity index is 1440. The summed E-state index contributed by atoms with van der Waals surface area (Å²) in [7, 11) is 0. The number of halogens is 1. The van der Waals surface area contributed by atoms with Crippen molar-refractivity contribution in [3.05, 3.63) is 99.6 Å². The SMILES string of the molecule is Cc1ccc(Cl)cc1NC(=O)COC(=O)CCCCCN1C(=O)[C@@H]2C3c4ccccc4C(c4ccccc43)[C@H]2C1=O. The molecule has 8 heteroatoms. The Balaban J connectivity index is 0.999. The van der Waals surface area contributed by atoms with Gasteiger partial charge in [-0.3, -0.25) is 24.1 Å². The van der Waals surface area contributed by atoms with Crippen molar-refractivity contribution < 1.29 is 23.9 Å². The first kappa shape index (κ1) is 27.2. The zero-order chi connectivity index (χ0) is 28.7. The molecule has 1 N–H and O–H groups in total. The summed E-state index contributed by atoms with van der Waals surface area (Å²) in [6, 6.07) is 21.6. The van der Waals surface area contributed by atoms with Crippen molar-refractivity contribution in [3.8, 4) is 0 Å². The number of imide groups is 1. The van der Waals surface area contributed by atoms with Gasteiger partial charge in [0.05, 0.1) is 11.8 Å². The van der Waals surface area contributed by atoms with Gasteiger partial charge in [0.1, 0.15) is 0 Å². The lowest BCUT2D eigenvalue weighted by atomic mass is 9.55. The topological polar surface area (TPSA) is 92.8 Å². The Kier molecular flexibility index (Phi) is 7.39. The average molecular weight is 571 g/mol. The van der Waals surface area contributed by atoms with E-state index in [4.69, 9.17) is 16.3 Å². The lowest BCUT2D eigenvalue weighted by Gasteiger charge is -2.45. The van der Waals surface area contributed by atoms with Crippen LogP contribution in [0.4, 0.5) is 5.69 Å². The molecule has 1 saturated heterocycles. The van der Waals surface area contributed by atoms with Crippen molar-refractivity contribution in [2.45, 2.75) is 44.4 Å². The summed E-state index contributed by atoms with van der Waals surface area (Å²) >= 11 is 5.98. The summed E-state index contributed by atoms with van der Waals surface area (Å²) in [5.74, 6) is -2.01. The van der Waals surface area contributed by atoms with Crippen LogP contribution < -0.4 is 5.32 Å². The number of hydrogen-bond acceptors (Lipinski definition) is 5. The summed E-state index contributed by atoms with van der Waals surface area (Å²) in [4.78, 5) is 53.1. The van der Waals surface area contributed by atoms with Crippen LogP contribution in [0.5, 0.6) is 0 Å². The van der Waals surface area contributed by atoms with E-state index in [1.54, 1.807) is 18.2 Å². The molecule has 1 fully saturated rings. The maximum atomic E-state index is 13.6. The Morgan fingerprint density at radius 2 is 1.39 bits per heavy atom. The monoisotopic (exact) mass is 570 g/mol. The highest BCUT2D eigenvalue weighted by molar-refractivity contribution is 6.31. The molecule has 0 spiro atoms. The average Bonchev–Trinajstić information content (AvgIpc) is 3.23. The quantitative estimate of drug-likeness (QED) is 0.206. The van der Waals surface area contributed by atoms with Crippen LogP contribution in [0.15, 0.2) is 66.7 Å². The first-order valence-electron chi connectivity index (χ1n) is 14.1. The molecule has 0 saturated carbocycles. The maximum absolute atomic E-state index is 13.6. The number of carbonyl (C=O) groups excluding carboxylic acids is 4. The highest BCUT2D eigenvalue weighted by Gasteiger charge is 2.61. The number of benzene rings is 3. The summed E-state index contributed by atoms with van der Waals surface area (Å²) in [6.45, 7) is 1.81. The van der Waals surface area contributed by atoms with Gasteiger partial charge < -0.3 is 10.1 Å². The first-order valence-corrected chi connectivity index (χ1v) is 14.5. The van der Waals surface area contributed by atoms with Crippen molar-refractivity contribution in [3.63, 3.8) is 0 Å². The normalized spacial score (nSPS) is 21.8. The Morgan fingerprint density at radius 1 is 0.829 bits per heavy atom. The zero-order valence-electron chi connectivity index (χ0n) is 22.8. The van der Waals surface area contributed by atoms with Gasteiger partial charge in [0.25, 0.3) is 5.91 Å². The third-order valence-corrected chi connectivity index (χ3v) is 8.88. The van der Waals surface area contributed by atoms with Crippen LogP contribution in [-0.2, 0) is 23.9 Å². The van der Waals surface area contributed by atoms with Crippen LogP contribution in [0, 0.1) is 18.8 Å². The minimum absolute atomic E-state index is 0.0839. The fourth-order valence-corrected chi connectivity index (χ4v) is 6.98. The minimum Gasteiger partial charge on any atom is -0.456 e. The number of nitrogens with zero attached hydrogens (tertiary/aromatic N) is 1. The predicted molar refractivity (Wildman–Crippen MR) is 155 cm³/mol. The molecule has 2 atom stereocenters. The number of hydrogen-bond donors (Lipinski definition) is 1. The molecule has 0 aromatic heterocycles. The van der Waals surface area contributed by atoms with E-state index in [2.05, 4.69) is 29.6 Å². The summed E-state index contributed by atoms with van der Waals surface area (Å²) in [5, 5.41) is 3.20. The van der Waals surface area contributed by atoms with Gasteiger partial charge in [0, 0.05) is 35.5 Å². The molecule has 7 nitrogen and oxygen atoms in total. The predicted octanol–water partition coefficient (Wildman–Crippen LogP) is 5.58. The van der Waals surface area contributed by atoms with Gasteiger partial charge in [0.15, 0.2) is 6.61 Å². The largest absolute Gasteiger partial charge is 0.456 e. The molecule has 3 aliphatic carbocycles. The third kappa shape index (κ3) is 4.93. The highest BCUT2D eigenvalue weighted by Crippen LogP contribution is 2.60. The number of carbonyl (C=O) groups is 4. The maximum Gasteiger partial charge on any atom is 0.306 e. The molecular formula is C33H31ClN2O5. The van der Waals surface area contributed by atoms with Crippen LogP contribution in [-0.4, -0.2) is 41.7 Å².